The van der Waals surface area contributed by atoms with Gasteiger partial charge in [0.05, 0.1) is 6.21 Å². The van der Waals surface area contributed by atoms with Crippen molar-refractivity contribution in [3.05, 3.63) is 12.1 Å². The van der Waals surface area contributed by atoms with Crippen molar-refractivity contribution in [3.8, 4) is 0 Å². The van der Waals surface area contributed by atoms with Gasteiger partial charge in [-0.05, 0) is 0 Å². The molecule has 0 saturated carbocycles. The Morgan fingerprint density at radius 3 is 3.44 bits per heavy atom. The van der Waals surface area contributed by atoms with Crippen molar-refractivity contribution in [1.82, 2.24) is 10.5 Å². The first-order chi connectivity index (χ1) is 4.47. The smallest absolute Gasteiger partial charge is 0.242 e. The fourth-order valence-corrected chi connectivity index (χ4v) is 0.617. The van der Waals surface area contributed by atoms with Crippen LogP contribution in [-0.2, 0) is 0 Å². The number of rotatable bonds is 0. The Kier molecular flexibility index (Phi) is 0.717. The van der Waals surface area contributed by atoms with Gasteiger partial charge in [-0.15, -0.1) is 0 Å². The maximum atomic E-state index is 4.88. The molecular weight excluding hydrogens is 120 g/mol. The van der Waals surface area contributed by atoms with Crippen molar-refractivity contribution in [2.75, 3.05) is 5.43 Å². The van der Waals surface area contributed by atoms with E-state index in [2.05, 4.69) is 21.0 Å². The molecule has 0 bridgehead atoms. The van der Waals surface area contributed by atoms with Gasteiger partial charge in [-0.1, -0.05) is 0 Å². The van der Waals surface area contributed by atoms with E-state index in [4.69, 9.17) is 4.42 Å². The molecule has 5 nitrogen and oxygen atoms in total. The van der Waals surface area contributed by atoms with Gasteiger partial charge in [-0.2, -0.15) is 5.10 Å². The molecule has 0 aliphatic carbocycles. The first kappa shape index (κ1) is 4.37. The number of nitrogens with zero attached hydrogens (tertiary/aromatic N) is 2. The predicted octanol–water partition coefficient (Wildman–Crippen LogP) is -0.0614. The Morgan fingerprint density at radius 1 is 1.56 bits per heavy atom. The third-order valence-electron chi connectivity index (χ3n) is 1.02. The molecule has 1 aliphatic rings. The highest BCUT2D eigenvalue weighted by Gasteiger charge is 2.06. The number of anilines is 1. The van der Waals surface area contributed by atoms with Crippen LogP contribution in [0.25, 0.3) is 0 Å². The molecule has 0 spiro atoms. The molecule has 2 N–H and O–H groups in total. The van der Waals surface area contributed by atoms with Crippen molar-refractivity contribution in [2.45, 2.75) is 0 Å². The van der Waals surface area contributed by atoms with Crippen LogP contribution in [0, 0.1) is 0 Å². The molecule has 1 aromatic rings. The quantitative estimate of drug-likeness (QED) is 0.508. The molecule has 0 saturated heterocycles. The first-order valence-electron chi connectivity index (χ1n) is 2.44. The summed E-state index contributed by atoms with van der Waals surface area (Å²) in [6.07, 6.45) is 2.94. The van der Waals surface area contributed by atoms with Gasteiger partial charge in [-0.3, -0.25) is 5.43 Å². The number of nitrogens with one attached hydrogen (secondary N) is 2. The maximum Gasteiger partial charge on any atom is 0.242 e. The monoisotopic (exact) mass is 124 g/mol. The minimum atomic E-state index is 0.602. The van der Waals surface area contributed by atoms with Crippen LogP contribution in [0.2, 0.25) is 0 Å². The van der Waals surface area contributed by atoms with Gasteiger partial charge in [0.2, 0.25) is 5.88 Å². The Hall–Kier alpha value is -1.52. The maximum absolute atomic E-state index is 4.88. The number of fused-ring (bicyclic) bond motifs is 1. The Labute approximate surface area is 50.7 Å². The average Bonchev–Trinajstić information content (AvgIpc) is 2.33. The second kappa shape index (κ2) is 1.48. The molecule has 0 radical (unpaired) electrons. The lowest BCUT2D eigenvalue weighted by Gasteiger charge is -2.04. The molecule has 0 fully saturated rings. The molecule has 1 aliphatic heterocycles. The molecule has 0 atom stereocenters. The summed E-state index contributed by atoms with van der Waals surface area (Å²) in [6.45, 7) is 0. The van der Waals surface area contributed by atoms with Gasteiger partial charge in [0.15, 0.2) is 6.39 Å². The number of hydrogen-bond donors (Lipinski definition) is 2. The van der Waals surface area contributed by atoms with E-state index in [9.17, 15) is 0 Å². The van der Waals surface area contributed by atoms with Gasteiger partial charge in [0.25, 0.3) is 0 Å². The molecule has 1 aromatic heterocycles. The van der Waals surface area contributed by atoms with E-state index in [1.165, 1.54) is 6.39 Å². The van der Waals surface area contributed by atoms with Crippen LogP contribution < -0.4 is 11.0 Å². The van der Waals surface area contributed by atoms with Crippen LogP contribution in [0.5, 0.6) is 0 Å². The fourth-order valence-electron chi connectivity index (χ4n) is 0.617. The van der Waals surface area contributed by atoms with Crippen LogP contribution in [-0.4, -0.2) is 11.2 Å². The Bertz CT molecular complexity index is 240. The van der Waals surface area contributed by atoms with E-state index in [0.29, 0.717) is 11.6 Å². The first-order valence-corrected chi connectivity index (χ1v) is 2.44. The van der Waals surface area contributed by atoms with Gasteiger partial charge >= 0.3 is 0 Å². The van der Waals surface area contributed by atoms with E-state index in [1.54, 1.807) is 6.21 Å². The van der Waals surface area contributed by atoms with Crippen LogP contribution in [0.15, 0.2) is 15.9 Å². The van der Waals surface area contributed by atoms with Crippen molar-refractivity contribution in [2.24, 2.45) is 5.10 Å². The SMILES string of the molecule is C1=NNNc2ocnc21. The number of hydrazone groups is 1. The van der Waals surface area contributed by atoms with Gasteiger partial charge in [0.1, 0.15) is 5.69 Å². The Morgan fingerprint density at radius 2 is 2.56 bits per heavy atom. The fraction of sp³-hybridized carbons (Fsp3) is 0. The zero-order chi connectivity index (χ0) is 6.10. The number of hydrogen-bond acceptors (Lipinski definition) is 5. The van der Waals surface area contributed by atoms with E-state index in [-0.39, 0.29) is 0 Å². The van der Waals surface area contributed by atoms with E-state index < -0.39 is 0 Å². The topological polar surface area (TPSA) is 62.5 Å². The molecule has 5 heteroatoms. The molecular formula is C4H4N4O. The highest BCUT2D eigenvalue weighted by Crippen LogP contribution is 2.10. The van der Waals surface area contributed by atoms with Gasteiger partial charge < -0.3 is 4.42 Å². The summed E-state index contributed by atoms with van der Waals surface area (Å²) in [5, 5.41) is 3.68. The second-order valence-corrected chi connectivity index (χ2v) is 1.56. The van der Waals surface area contributed by atoms with Gasteiger partial charge in [-0.25, -0.2) is 10.5 Å². The lowest BCUT2D eigenvalue weighted by atomic mass is 10.5. The zero-order valence-corrected chi connectivity index (χ0v) is 4.46. The number of hydrazine groups is 1. The van der Waals surface area contributed by atoms with E-state index in [0.717, 1.165) is 0 Å². The summed E-state index contributed by atoms with van der Waals surface area (Å²) < 4.78 is 4.88. The highest BCUT2D eigenvalue weighted by molar-refractivity contribution is 5.83. The molecule has 0 amide bonds. The average molecular weight is 124 g/mol. The number of oxazole rings is 1. The van der Waals surface area contributed by atoms with Crippen LogP contribution >= 0.6 is 0 Å². The predicted molar refractivity (Wildman–Crippen MR) is 30.9 cm³/mol. The molecule has 0 aromatic carbocycles. The minimum absolute atomic E-state index is 0.602. The molecule has 0 unspecified atom stereocenters. The summed E-state index contributed by atoms with van der Waals surface area (Å²) in [5.41, 5.74) is 5.89. The normalized spacial score (nSPS) is 13.8. The van der Waals surface area contributed by atoms with E-state index in [1.807, 2.05) is 0 Å². The summed E-state index contributed by atoms with van der Waals surface area (Å²) in [5.74, 6) is 0.602. The second-order valence-electron chi connectivity index (χ2n) is 1.56. The Balaban J connectivity index is 2.53. The summed E-state index contributed by atoms with van der Waals surface area (Å²) in [7, 11) is 0. The highest BCUT2D eigenvalue weighted by atomic mass is 16.4. The zero-order valence-electron chi connectivity index (χ0n) is 4.46. The minimum Gasteiger partial charge on any atom is -0.426 e. The third kappa shape index (κ3) is 0.543. The van der Waals surface area contributed by atoms with Crippen molar-refractivity contribution < 1.29 is 4.42 Å². The molecule has 2 rings (SSSR count). The summed E-state index contributed by atoms with van der Waals surface area (Å²) >= 11 is 0. The largest absolute Gasteiger partial charge is 0.426 e. The van der Waals surface area contributed by atoms with Crippen molar-refractivity contribution in [1.29, 1.82) is 0 Å². The van der Waals surface area contributed by atoms with Crippen molar-refractivity contribution >= 4 is 12.1 Å². The molecule has 46 valence electrons. The van der Waals surface area contributed by atoms with Gasteiger partial charge in [0, 0.05) is 0 Å². The lowest BCUT2D eigenvalue weighted by molar-refractivity contribution is 0.559. The summed E-state index contributed by atoms with van der Waals surface area (Å²) in [4.78, 5) is 3.84. The van der Waals surface area contributed by atoms with Crippen LogP contribution in [0.1, 0.15) is 5.69 Å². The standard InChI is InChI=1S/C4H4N4O/c1-3-4(7-8-6-1)9-2-5-3/h1-2,7-8H. The van der Waals surface area contributed by atoms with Crippen molar-refractivity contribution in [3.63, 3.8) is 0 Å². The third-order valence-corrected chi connectivity index (χ3v) is 1.02. The van der Waals surface area contributed by atoms with E-state index >= 15 is 0 Å². The van der Waals surface area contributed by atoms with Crippen LogP contribution in [0.4, 0.5) is 5.88 Å². The number of aromatic nitrogens is 1. The molecule has 2 heterocycles. The lowest BCUT2D eigenvalue weighted by Crippen LogP contribution is -2.19. The summed E-state index contributed by atoms with van der Waals surface area (Å²) in [6, 6.07) is 0. The molecule has 9 heavy (non-hydrogen) atoms. The van der Waals surface area contributed by atoms with Crippen LogP contribution in [0.3, 0.4) is 0 Å².